The number of fused-ring (bicyclic) bond motifs is 1. The van der Waals surface area contributed by atoms with Crippen LogP contribution in [-0.2, 0) is 16.3 Å². The van der Waals surface area contributed by atoms with Gasteiger partial charge in [0.1, 0.15) is 18.0 Å². The van der Waals surface area contributed by atoms with E-state index in [0.717, 1.165) is 24.3 Å². The number of nitrogens with zero attached hydrogens (tertiary/aromatic N) is 3. The molecule has 0 atom stereocenters. The minimum Gasteiger partial charge on any atom is -0.323 e. The second-order valence-corrected chi connectivity index (χ2v) is 6.67. The zero-order valence-corrected chi connectivity index (χ0v) is 11.6. The minimum atomic E-state index is -3.41. The maximum Gasteiger partial charge on any atom is 0.175 e. The molecule has 1 aromatic heterocycles. The number of benzene rings is 1. The highest BCUT2D eigenvalue weighted by atomic mass is 32.2. The summed E-state index contributed by atoms with van der Waals surface area (Å²) in [5.74, 6) is 0.102. The highest BCUT2D eigenvalue weighted by molar-refractivity contribution is 7.90. The zero-order valence-electron chi connectivity index (χ0n) is 10.7. The van der Waals surface area contributed by atoms with Gasteiger partial charge in [-0.05, 0) is 24.6 Å². The average Bonchev–Trinajstić information content (AvgIpc) is 2.81. The lowest BCUT2D eigenvalue weighted by Gasteiger charge is -2.19. The summed E-state index contributed by atoms with van der Waals surface area (Å²) in [6.07, 6.45) is 4.92. The van der Waals surface area contributed by atoms with Crippen LogP contribution in [0, 0.1) is 5.82 Å². The van der Waals surface area contributed by atoms with E-state index in [1.807, 2.05) is 0 Å². The van der Waals surface area contributed by atoms with Crippen LogP contribution in [0.1, 0.15) is 5.56 Å². The highest BCUT2D eigenvalue weighted by Crippen LogP contribution is 2.34. The van der Waals surface area contributed by atoms with Gasteiger partial charge >= 0.3 is 0 Å². The third-order valence-corrected chi connectivity index (χ3v) is 4.37. The van der Waals surface area contributed by atoms with Crippen molar-refractivity contribution in [3.05, 3.63) is 42.1 Å². The predicted octanol–water partition coefficient (Wildman–Crippen LogP) is 1.71. The van der Waals surface area contributed by atoms with Crippen LogP contribution in [-0.4, -0.2) is 31.2 Å². The Morgan fingerprint density at radius 1 is 1.35 bits per heavy atom. The van der Waals surface area contributed by atoms with Crippen LogP contribution in [0.2, 0.25) is 0 Å². The fraction of sp³-hybridized carbons (Fsp3) is 0.231. The third kappa shape index (κ3) is 2.14. The first-order valence-corrected chi connectivity index (χ1v) is 7.92. The molecular weight excluding hydrogens is 281 g/mol. The summed E-state index contributed by atoms with van der Waals surface area (Å²) in [7, 11) is -3.41. The Kier molecular flexibility index (Phi) is 2.93. The van der Waals surface area contributed by atoms with E-state index < -0.39 is 15.7 Å². The Bertz CT molecular complexity index is 777. The average molecular weight is 293 g/mol. The molecule has 0 N–H and O–H groups in total. The van der Waals surface area contributed by atoms with Gasteiger partial charge < -0.3 is 4.90 Å². The molecular formula is C13H12FN3O2S. The summed E-state index contributed by atoms with van der Waals surface area (Å²) in [4.78, 5) is 9.81. The molecule has 0 unspecified atom stereocenters. The molecule has 2 heterocycles. The van der Waals surface area contributed by atoms with Crippen LogP contribution in [0.4, 0.5) is 15.9 Å². The van der Waals surface area contributed by atoms with E-state index in [2.05, 4.69) is 9.97 Å². The van der Waals surface area contributed by atoms with Crippen LogP contribution in [0.5, 0.6) is 0 Å². The van der Waals surface area contributed by atoms with Crippen molar-refractivity contribution in [2.24, 2.45) is 0 Å². The summed E-state index contributed by atoms with van der Waals surface area (Å²) < 4.78 is 37.0. The quantitative estimate of drug-likeness (QED) is 0.843. The molecule has 0 amide bonds. The number of rotatable bonds is 2. The first-order chi connectivity index (χ1) is 9.47. The van der Waals surface area contributed by atoms with Gasteiger partial charge in [0.05, 0.1) is 10.6 Å². The topological polar surface area (TPSA) is 63.2 Å². The van der Waals surface area contributed by atoms with Gasteiger partial charge in [-0.2, -0.15) is 0 Å². The molecule has 0 saturated heterocycles. The largest absolute Gasteiger partial charge is 0.323 e. The number of hydrogen-bond acceptors (Lipinski definition) is 5. The molecule has 0 radical (unpaired) electrons. The van der Waals surface area contributed by atoms with Gasteiger partial charge in [0.2, 0.25) is 0 Å². The van der Waals surface area contributed by atoms with Crippen molar-refractivity contribution in [2.75, 3.05) is 17.7 Å². The van der Waals surface area contributed by atoms with Gasteiger partial charge in [-0.25, -0.2) is 22.8 Å². The molecule has 0 bridgehead atoms. The normalized spacial score (nSPS) is 14.4. The molecule has 1 aromatic carbocycles. The Labute approximate surface area is 116 Å². The molecule has 0 aliphatic carbocycles. The van der Waals surface area contributed by atoms with Gasteiger partial charge in [-0.3, -0.25) is 0 Å². The number of hydrogen-bond donors (Lipinski definition) is 0. The molecule has 0 fully saturated rings. The van der Waals surface area contributed by atoms with Crippen molar-refractivity contribution in [2.45, 2.75) is 11.3 Å². The maximum atomic E-state index is 14.2. The summed E-state index contributed by atoms with van der Waals surface area (Å²) in [5.41, 5.74) is 1.29. The van der Waals surface area contributed by atoms with Crippen molar-refractivity contribution >= 4 is 21.3 Å². The first-order valence-electron chi connectivity index (χ1n) is 6.03. The van der Waals surface area contributed by atoms with E-state index >= 15 is 0 Å². The van der Waals surface area contributed by atoms with E-state index in [1.54, 1.807) is 11.1 Å². The molecule has 20 heavy (non-hydrogen) atoms. The van der Waals surface area contributed by atoms with Gasteiger partial charge in [0.15, 0.2) is 9.84 Å². The van der Waals surface area contributed by atoms with Crippen molar-refractivity contribution < 1.29 is 12.8 Å². The lowest BCUT2D eigenvalue weighted by molar-refractivity contribution is 0.595. The highest BCUT2D eigenvalue weighted by Gasteiger charge is 2.24. The van der Waals surface area contributed by atoms with Crippen LogP contribution in [0.15, 0.2) is 35.6 Å². The van der Waals surface area contributed by atoms with Crippen LogP contribution in [0.25, 0.3) is 0 Å². The first kappa shape index (κ1) is 13.0. The predicted molar refractivity (Wildman–Crippen MR) is 72.3 cm³/mol. The van der Waals surface area contributed by atoms with Crippen LogP contribution in [0.3, 0.4) is 0 Å². The number of halogens is 1. The van der Waals surface area contributed by atoms with E-state index in [9.17, 15) is 12.8 Å². The van der Waals surface area contributed by atoms with Gasteiger partial charge in [0.25, 0.3) is 0 Å². The second kappa shape index (κ2) is 4.52. The summed E-state index contributed by atoms with van der Waals surface area (Å²) >= 11 is 0. The van der Waals surface area contributed by atoms with E-state index in [4.69, 9.17) is 0 Å². The number of anilines is 2. The lowest BCUT2D eigenvalue weighted by Crippen LogP contribution is -2.16. The Morgan fingerprint density at radius 2 is 2.15 bits per heavy atom. The Morgan fingerprint density at radius 3 is 2.85 bits per heavy atom. The molecule has 5 nitrogen and oxygen atoms in total. The molecule has 1 aliphatic rings. The lowest BCUT2D eigenvalue weighted by atomic mass is 10.3. The second-order valence-electron chi connectivity index (χ2n) is 4.66. The van der Waals surface area contributed by atoms with E-state index in [1.165, 1.54) is 18.5 Å². The molecule has 104 valence electrons. The maximum absolute atomic E-state index is 14.2. The SMILES string of the molecule is CS(=O)(=O)c1ccc(N2CCc3cncnc32)c(F)c1. The number of aromatic nitrogens is 2. The minimum absolute atomic E-state index is 0.0270. The summed E-state index contributed by atoms with van der Waals surface area (Å²) in [6, 6.07) is 3.93. The molecule has 2 aromatic rings. The molecule has 7 heteroatoms. The monoisotopic (exact) mass is 293 g/mol. The van der Waals surface area contributed by atoms with Crippen molar-refractivity contribution in [1.82, 2.24) is 9.97 Å². The Balaban J connectivity index is 2.05. The fourth-order valence-electron chi connectivity index (χ4n) is 2.28. The van der Waals surface area contributed by atoms with Crippen LogP contribution >= 0.6 is 0 Å². The van der Waals surface area contributed by atoms with E-state index in [-0.39, 0.29) is 4.90 Å². The number of sulfone groups is 1. The molecule has 3 rings (SSSR count). The third-order valence-electron chi connectivity index (χ3n) is 3.26. The van der Waals surface area contributed by atoms with Gasteiger partial charge in [-0.15, -0.1) is 0 Å². The van der Waals surface area contributed by atoms with Crippen molar-refractivity contribution in [1.29, 1.82) is 0 Å². The fourth-order valence-corrected chi connectivity index (χ4v) is 2.91. The van der Waals surface area contributed by atoms with Gasteiger partial charge in [-0.1, -0.05) is 0 Å². The standard InChI is InChI=1S/C13H12FN3O2S/c1-20(18,19)10-2-3-12(11(14)6-10)17-5-4-9-7-15-8-16-13(9)17/h2-3,6-8H,4-5H2,1H3. The van der Waals surface area contributed by atoms with Gasteiger partial charge in [0, 0.05) is 24.6 Å². The summed E-state index contributed by atoms with van der Waals surface area (Å²) in [6.45, 7) is 0.600. The summed E-state index contributed by atoms with van der Waals surface area (Å²) in [5, 5.41) is 0. The molecule has 0 saturated carbocycles. The Hall–Kier alpha value is -2.02. The molecule has 1 aliphatic heterocycles. The van der Waals surface area contributed by atoms with Crippen molar-refractivity contribution in [3.8, 4) is 0 Å². The molecule has 0 spiro atoms. The van der Waals surface area contributed by atoms with Crippen molar-refractivity contribution in [3.63, 3.8) is 0 Å². The smallest absolute Gasteiger partial charge is 0.175 e. The van der Waals surface area contributed by atoms with E-state index in [0.29, 0.717) is 18.1 Å². The zero-order chi connectivity index (χ0) is 14.3. The van der Waals surface area contributed by atoms with Crippen LogP contribution < -0.4 is 4.90 Å².